The molecule has 1 amide bonds. The third-order valence-electron chi connectivity index (χ3n) is 3.41. The molecule has 0 aliphatic carbocycles. The van der Waals surface area contributed by atoms with Gasteiger partial charge >= 0.3 is 5.97 Å². The molecule has 1 unspecified atom stereocenters. The maximum Gasteiger partial charge on any atom is 0.302 e. The minimum Gasteiger partial charge on any atom is -0.460 e. The average molecular weight is 264 g/mol. The van der Waals surface area contributed by atoms with Crippen LogP contribution in [0.2, 0.25) is 0 Å². The van der Waals surface area contributed by atoms with Gasteiger partial charge in [-0.1, -0.05) is 11.8 Å². The number of carbonyl (C=O) groups excluding carboxylic acids is 2. The van der Waals surface area contributed by atoms with Gasteiger partial charge in [0.1, 0.15) is 6.10 Å². The molecule has 2 fully saturated rings. The zero-order valence-corrected chi connectivity index (χ0v) is 11.4. The van der Waals surface area contributed by atoms with Gasteiger partial charge in [-0.2, -0.15) is 0 Å². The molecule has 0 aromatic carbocycles. The number of hydrogen-bond acceptors (Lipinski definition) is 4. The van der Waals surface area contributed by atoms with E-state index in [1.807, 2.05) is 0 Å². The van der Waals surface area contributed by atoms with Gasteiger partial charge in [0, 0.05) is 6.92 Å². The van der Waals surface area contributed by atoms with Crippen molar-refractivity contribution in [1.29, 1.82) is 0 Å². The second kappa shape index (κ2) is 6.58. The van der Waals surface area contributed by atoms with Crippen LogP contribution in [0.3, 0.4) is 0 Å². The first kappa shape index (κ1) is 13.9. The van der Waals surface area contributed by atoms with E-state index in [1.54, 1.807) is 4.90 Å². The molecule has 2 saturated heterocycles. The van der Waals surface area contributed by atoms with Crippen LogP contribution >= 0.6 is 0 Å². The molecule has 0 N–H and O–H groups in total. The van der Waals surface area contributed by atoms with Crippen LogP contribution < -0.4 is 0 Å². The summed E-state index contributed by atoms with van der Waals surface area (Å²) in [6.07, 6.45) is 2.51. The van der Waals surface area contributed by atoms with Crippen molar-refractivity contribution in [2.45, 2.75) is 32.3 Å². The fraction of sp³-hybridized carbons (Fsp3) is 0.714. The first-order valence-corrected chi connectivity index (χ1v) is 6.78. The lowest BCUT2D eigenvalue weighted by Gasteiger charge is -2.13. The topological polar surface area (TPSA) is 49.9 Å². The van der Waals surface area contributed by atoms with Gasteiger partial charge < -0.3 is 9.64 Å². The number of rotatable bonds is 3. The molecule has 0 spiro atoms. The predicted molar refractivity (Wildman–Crippen MR) is 70.2 cm³/mol. The molecule has 1 atom stereocenters. The lowest BCUT2D eigenvalue weighted by molar-refractivity contribution is -0.145. The van der Waals surface area contributed by atoms with Gasteiger partial charge in [-0.3, -0.25) is 14.5 Å². The Morgan fingerprint density at radius 1 is 1.32 bits per heavy atom. The molecule has 0 bridgehead atoms. The van der Waals surface area contributed by atoms with E-state index in [0.717, 1.165) is 19.6 Å². The van der Waals surface area contributed by atoms with Crippen LogP contribution in [0.4, 0.5) is 0 Å². The molecule has 2 aliphatic rings. The molecule has 104 valence electrons. The molecule has 0 aromatic rings. The average Bonchev–Trinajstić information content (AvgIpc) is 2.94. The van der Waals surface area contributed by atoms with E-state index in [4.69, 9.17) is 4.74 Å². The van der Waals surface area contributed by atoms with Crippen molar-refractivity contribution >= 4 is 11.9 Å². The molecule has 2 rings (SSSR count). The van der Waals surface area contributed by atoms with Gasteiger partial charge in [0.05, 0.1) is 26.1 Å². The Labute approximate surface area is 113 Å². The van der Waals surface area contributed by atoms with Crippen molar-refractivity contribution in [1.82, 2.24) is 9.80 Å². The lowest BCUT2D eigenvalue weighted by atomic mass is 10.3. The molecule has 2 aliphatic heterocycles. The smallest absolute Gasteiger partial charge is 0.302 e. The molecular weight excluding hydrogens is 244 g/mol. The van der Waals surface area contributed by atoms with Crippen molar-refractivity contribution < 1.29 is 14.3 Å². The number of esters is 1. The van der Waals surface area contributed by atoms with Gasteiger partial charge in [0.25, 0.3) is 0 Å². The minimum atomic E-state index is -0.334. The Bertz CT molecular complexity index is 405. The molecule has 0 saturated carbocycles. The van der Waals surface area contributed by atoms with Crippen LogP contribution in [0.15, 0.2) is 0 Å². The van der Waals surface area contributed by atoms with Crippen molar-refractivity contribution in [3.63, 3.8) is 0 Å². The second-order valence-corrected chi connectivity index (χ2v) is 5.05. The van der Waals surface area contributed by atoms with E-state index >= 15 is 0 Å². The Morgan fingerprint density at radius 2 is 2.00 bits per heavy atom. The quantitative estimate of drug-likeness (QED) is 0.541. The summed E-state index contributed by atoms with van der Waals surface area (Å²) >= 11 is 0. The number of nitrogens with zero attached hydrogens (tertiary/aromatic N) is 2. The number of carbonyl (C=O) groups is 2. The van der Waals surface area contributed by atoms with Gasteiger partial charge in [0.2, 0.25) is 5.91 Å². The van der Waals surface area contributed by atoms with Gasteiger partial charge in [0.15, 0.2) is 0 Å². The highest BCUT2D eigenvalue weighted by molar-refractivity contribution is 5.80. The van der Waals surface area contributed by atoms with Crippen LogP contribution in [-0.2, 0) is 14.3 Å². The molecule has 0 radical (unpaired) electrons. The summed E-state index contributed by atoms with van der Waals surface area (Å²) in [7, 11) is 0. The highest BCUT2D eigenvalue weighted by atomic mass is 16.5. The summed E-state index contributed by atoms with van der Waals surface area (Å²) < 4.78 is 5.04. The molecule has 2 heterocycles. The Balaban J connectivity index is 1.72. The summed E-state index contributed by atoms with van der Waals surface area (Å²) in [6, 6.07) is 0. The standard InChI is InChI=1S/C14H20N2O3/c1-12(17)19-13-10-14(18)16(11-13)9-5-4-8-15-6-2-3-7-15/h13H,2-3,6-11H2,1H3. The zero-order valence-electron chi connectivity index (χ0n) is 11.4. The Morgan fingerprint density at radius 3 is 2.68 bits per heavy atom. The van der Waals surface area contributed by atoms with Crippen molar-refractivity contribution in [2.75, 3.05) is 32.7 Å². The Kier molecular flexibility index (Phi) is 4.80. The lowest BCUT2D eigenvalue weighted by Crippen LogP contribution is -2.27. The molecule has 5 heteroatoms. The minimum absolute atomic E-state index is 0.0155. The maximum atomic E-state index is 11.7. The van der Waals surface area contributed by atoms with E-state index < -0.39 is 0 Å². The summed E-state index contributed by atoms with van der Waals surface area (Å²) in [4.78, 5) is 26.5. The van der Waals surface area contributed by atoms with Crippen LogP contribution in [0.5, 0.6) is 0 Å². The predicted octanol–water partition coefficient (Wildman–Crippen LogP) is 0.250. The maximum absolute atomic E-state index is 11.7. The van der Waals surface area contributed by atoms with E-state index in [-0.39, 0.29) is 24.4 Å². The molecule has 0 aromatic heterocycles. The van der Waals surface area contributed by atoms with E-state index in [0.29, 0.717) is 13.1 Å². The Hall–Kier alpha value is -1.54. The molecule has 5 nitrogen and oxygen atoms in total. The number of amides is 1. The van der Waals surface area contributed by atoms with E-state index in [1.165, 1.54) is 19.8 Å². The van der Waals surface area contributed by atoms with Gasteiger partial charge in [-0.05, 0) is 25.9 Å². The van der Waals surface area contributed by atoms with Crippen LogP contribution in [0.25, 0.3) is 0 Å². The summed E-state index contributed by atoms with van der Waals surface area (Å²) in [5, 5.41) is 0. The summed E-state index contributed by atoms with van der Waals surface area (Å²) in [6.45, 7) is 5.32. The zero-order chi connectivity index (χ0) is 13.7. The molecular formula is C14H20N2O3. The van der Waals surface area contributed by atoms with Gasteiger partial charge in [-0.25, -0.2) is 0 Å². The van der Waals surface area contributed by atoms with Crippen molar-refractivity contribution in [3.8, 4) is 11.8 Å². The fourth-order valence-electron chi connectivity index (χ4n) is 2.46. The largest absolute Gasteiger partial charge is 0.460 e. The SMILES string of the molecule is CC(=O)OC1CC(=O)N(CC#CCN2CCCC2)C1. The number of ether oxygens (including phenoxy) is 1. The third-order valence-corrected chi connectivity index (χ3v) is 3.41. The summed E-state index contributed by atoms with van der Waals surface area (Å²) in [5.41, 5.74) is 0. The first-order chi connectivity index (χ1) is 9.15. The van der Waals surface area contributed by atoms with Crippen LogP contribution in [-0.4, -0.2) is 60.5 Å². The second-order valence-electron chi connectivity index (χ2n) is 5.05. The molecule has 19 heavy (non-hydrogen) atoms. The normalized spacial score (nSPS) is 23.3. The summed E-state index contributed by atoms with van der Waals surface area (Å²) in [5.74, 6) is 5.82. The monoisotopic (exact) mass is 264 g/mol. The van der Waals surface area contributed by atoms with Crippen LogP contribution in [0.1, 0.15) is 26.2 Å². The third kappa shape index (κ3) is 4.25. The van der Waals surface area contributed by atoms with E-state index in [9.17, 15) is 9.59 Å². The van der Waals surface area contributed by atoms with E-state index in [2.05, 4.69) is 16.7 Å². The van der Waals surface area contributed by atoms with Crippen molar-refractivity contribution in [2.24, 2.45) is 0 Å². The van der Waals surface area contributed by atoms with Gasteiger partial charge in [-0.15, -0.1) is 0 Å². The van der Waals surface area contributed by atoms with Crippen LogP contribution in [0, 0.1) is 11.8 Å². The number of likely N-dealkylation sites (tertiary alicyclic amines) is 2. The fourth-order valence-corrected chi connectivity index (χ4v) is 2.46. The number of hydrogen-bond donors (Lipinski definition) is 0. The first-order valence-electron chi connectivity index (χ1n) is 6.78. The van der Waals surface area contributed by atoms with Crippen molar-refractivity contribution in [3.05, 3.63) is 0 Å². The highest BCUT2D eigenvalue weighted by Crippen LogP contribution is 2.13. The highest BCUT2D eigenvalue weighted by Gasteiger charge is 2.30.